The molecule has 0 aromatic heterocycles. The summed E-state index contributed by atoms with van der Waals surface area (Å²) in [4.78, 5) is 28.8. The lowest BCUT2D eigenvalue weighted by atomic mass is 9.91. The maximum absolute atomic E-state index is 14.4. The van der Waals surface area contributed by atoms with Gasteiger partial charge in [0.2, 0.25) is 21.8 Å². The molecule has 0 spiro atoms. The Morgan fingerprint density at radius 1 is 1.17 bits per heavy atom. The van der Waals surface area contributed by atoms with Gasteiger partial charge in [-0.1, -0.05) is 35.9 Å². The molecule has 2 heterocycles. The predicted octanol–water partition coefficient (Wildman–Crippen LogP) is 3.29. The highest BCUT2D eigenvalue weighted by molar-refractivity contribution is 7.88. The van der Waals surface area contributed by atoms with Gasteiger partial charge in [0.15, 0.2) is 0 Å². The largest absolute Gasteiger partial charge is 0.371 e. The van der Waals surface area contributed by atoms with Crippen LogP contribution in [-0.4, -0.2) is 69.2 Å². The molecule has 2 fully saturated rings. The molecule has 3 atom stereocenters. The van der Waals surface area contributed by atoms with E-state index in [0.29, 0.717) is 29.3 Å². The third kappa shape index (κ3) is 9.47. The second kappa shape index (κ2) is 14.7. The average Bonchev–Trinajstić information content (AvgIpc) is 3.38. The molecule has 0 unspecified atom stereocenters. The lowest BCUT2D eigenvalue weighted by Crippen LogP contribution is -2.53. The minimum atomic E-state index is -3.70. The molecule has 0 radical (unpaired) electrons. The molecule has 0 saturated carbocycles. The number of hydrogen-bond donors (Lipinski definition) is 3. The molecular formula is C30H40ClFN4O5S. The molecule has 4 rings (SSSR count). The van der Waals surface area contributed by atoms with Crippen LogP contribution in [0.2, 0.25) is 5.02 Å². The highest BCUT2D eigenvalue weighted by atomic mass is 35.5. The number of amides is 2. The summed E-state index contributed by atoms with van der Waals surface area (Å²) in [6, 6.07) is 10.1. The Kier molecular flexibility index (Phi) is 11.4. The van der Waals surface area contributed by atoms with Gasteiger partial charge in [-0.2, -0.15) is 0 Å². The molecule has 42 heavy (non-hydrogen) atoms. The van der Waals surface area contributed by atoms with E-state index in [1.165, 1.54) is 11.0 Å². The van der Waals surface area contributed by atoms with Gasteiger partial charge in [-0.3, -0.25) is 9.59 Å². The fraction of sp³-hybridized carbons (Fsp3) is 0.533. The van der Waals surface area contributed by atoms with Crippen LogP contribution in [0.4, 0.5) is 4.39 Å². The molecule has 3 N–H and O–H groups in total. The van der Waals surface area contributed by atoms with Gasteiger partial charge in [-0.15, -0.1) is 0 Å². The standard InChI is InChI=1S/C30H40ClFN4O5S/c1-20-3-7-23(26(32)15-20)19-41-25-16-28(29(37)34-17-22-4-8-24(31)9-5-22)36(18-25)30(38)27(35-42(2,39)40)10-6-21-11-13-33-14-12-21/h3-5,7-9,15,21,25,27-28,33,35H,6,10-14,16-19H2,1-2H3,(H,34,37)/t25-,27-,28+/m1/s1. The van der Waals surface area contributed by atoms with Crippen molar-refractivity contribution in [1.29, 1.82) is 0 Å². The van der Waals surface area contributed by atoms with E-state index >= 15 is 0 Å². The Hall–Kier alpha value is -2.57. The fourth-order valence-corrected chi connectivity index (χ4v) is 6.42. The number of carbonyl (C=O) groups is 2. The highest BCUT2D eigenvalue weighted by Gasteiger charge is 2.42. The summed E-state index contributed by atoms with van der Waals surface area (Å²) < 4.78 is 47.5. The number of aryl methyl sites for hydroxylation is 1. The van der Waals surface area contributed by atoms with Crippen LogP contribution in [0.3, 0.4) is 0 Å². The van der Waals surface area contributed by atoms with Crippen LogP contribution in [0.25, 0.3) is 0 Å². The van der Waals surface area contributed by atoms with Crippen molar-refractivity contribution in [1.82, 2.24) is 20.3 Å². The van der Waals surface area contributed by atoms with Crippen molar-refractivity contribution in [3.05, 3.63) is 70.0 Å². The number of halogens is 2. The third-order valence-electron chi connectivity index (χ3n) is 7.89. The monoisotopic (exact) mass is 622 g/mol. The fourth-order valence-electron chi connectivity index (χ4n) is 5.56. The van der Waals surface area contributed by atoms with Crippen LogP contribution in [0, 0.1) is 18.7 Å². The van der Waals surface area contributed by atoms with Crippen LogP contribution in [0.1, 0.15) is 48.8 Å². The summed E-state index contributed by atoms with van der Waals surface area (Å²) in [7, 11) is -3.70. The second-order valence-corrected chi connectivity index (χ2v) is 13.5. The SMILES string of the molecule is Cc1ccc(CO[C@@H]2C[C@@H](C(=O)NCc3ccc(Cl)cc3)N(C(=O)[C@@H](CCC3CCNCC3)NS(C)(=O)=O)C2)c(F)c1. The predicted molar refractivity (Wildman–Crippen MR) is 160 cm³/mol. The maximum Gasteiger partial charge on any atom is 0.243 e. The summed E-state index contributed by atoms with van der Waals surface area (Å²) in [6.45, 7) is 3.89. The van der Waals surface area contributed by atoms with Crippen molar-refractivity contribution in [2.45, 2.75) is 70.4 Å². The minimum absolute atomic E-state index is 0.0152. The van der Waals surface area contributed by atoms with E-state index < -0.39 is 34.1 Å². The van der Waals surface area contributed by atoms with Gasteiger partial charge >= 0.3 is 0 Å². The second-order valence-electron chi connectivity index (χ2n) is 11.3. The molecule has 2 amide bonds. The number of ether oxygens (including phenoxy) is 1. The summed E-state index contributed by atoms with van der Waals surface area (Å²) in [5, 5.41) is 6.78. The number of hydrogen-bond acceptors (Lipinski definition) is 6. The third-order valence-corrected chi connectivity index (χ3v) is 8.85. The normalized spacial score (nSPS) is 20.4. The van der Waals surface area contributed by atoms with E-state index in [4.69, 9.17) is 16.3 Å². The number of nitrogens with one attached hydrogen (secondary N) is 3. The first-order chi connectivity index (χ1) is 20.0. The van der Waals surface area contributed by atoms with Crippen LogP contribution in [-0.2, 0) is 37.5 Å². The summed E-state index contributed by atoms with van der Waals surface area (Å²) in [6.07, 6.45) is 3.63. The maximum atomic E-state index is 14.4. The number of likely N-dealkylation sites (tertiary alicyclic amines) is 1. The lowest BCUT2D eigenvalue weighted by molar-refractivity contribution is -0.140. The Balaban J connectivity index is 1.49. The zero-order valence-corrected chi connectivity index (χ0v) is 25.6. The van der Waals surface area contributed by atoms with E-state index in [0.717, 1.165) is 43.3 Å². The highest BCUT2D eigenvalue weighted by Crippen LogP contribution is 2.26. The zero-order valence-electron chi connectivity index (χ0n) is 24.1. The van der Waals surface area contributed by atoms with Gasteiger partial charge in [-0.05, 0) is 80.9 Å². The van der Waals surface area contributed by atoms with Crippen LogP contribution in [0.15, 0.2) is 42.5 Å². The first kappa shape index (κ1) is 32.3. The minimum Gasteiger partial charge on any atom is -0.371 e. The van der Waals surface area contributed by atoms with Gasteiger partial charge < -0.3 is 20.3 Å². The van der Waals surface area contributed by atoms with Crippen molar-refractivity contribution in [2.24, 2.45) is 5.92 Å². The molecule has 9 nitrogen and oxygen atoms in total. The summed E-state index contributed by atoms with van der Waals surface area (Å²) in [5.41, 5.74) is 2.01. The first-order valence-corrected chi connectivity index (χ1v) is 16.6. The molecule has 0 bridgehead atoms. The van der Waals surface area contributed by atoms with Gasteiger partial charge in [0.25, 0.3) is 0 Å². The Labute approximate surface area is 252 Å². The molecule has 12 heteroatoms. The average molecular weight is 623 g/mol. The molecule has 0 aliphatic carbocycles. The van der Waals surface area contributed by atoms with Crippen molar-refractivity contribution in [3.8, 4) is 0 Å². The number of benzene rings is 2. The number of piperidine rings is 1. The molecule has 2 aliphatic rings. The number of nitrogens with zero attached hydrogens (tertiary/aromatic N) is 1. The molecular weight excluding hydrogens is 583 g/mol. The smallest absolute Gasteiger partial charge is 0.243 e. The Bertz CT molecular complexity index is 1340. The molecule has 2 aromatic carbocycles. The molecule has 230 valence electrons. The lowest BCUT2D eigenvalue weighted by Gasteiger charge is -2.30. The van der Waals surface area contributed by atoms with Gasteiger partial charge in [0.05, 0.1) is 19.0 Å². The van der Waals surface area contributed by atoms with Gasteiger partial charge in [0, 0.05) is 30.1 Å². The molecule has 2 aliphatic heterocycles. The summed E-state index contributed by atoms with van der Waals surface area (Å²) in [5.74, 6) is -0.829. The van der Waals surface area contributed by atoms with Gasteiger partial charge in [0.1, 0.15) is 17.9 Å². The van der Waals surface area contributed by atoms with Crippen molar-refractivity contribution < 1.29 is 27.1 Å². The number of sulfonamides is 1. The Morgan fingerprint density at radius 3 is 2.55 bits per heavy atom. The van der Waals surface area contributed by atoms with Gasteiger partial charge in [-0.25, -0.2) is 17.5 Å². The van der Waals surface area contributed by atoms with Crippen molar-refractivity contribution in [2.75, 3.05) is 25.9 Å². The van der Waals surface area contributed by atoms with E-state index in [2.05, 4.69) is 15.4 Å². The summed E-state index contributed by atoms with van der Waals surface area (Å²) >= 11 is 5.97. The first-order valence-electron chi connectivity index (χ1n) is 14.4. The Morgan fingerprint density at radius 2 is 1.88 bits per heavy atom. The topological polar surface area (TPSA) is 117 Å². The zero-order chi connectivity index (χ0) is 30.3. The van der Waals surface area contributed by atoms with Crippen molar-refractivity contribution >= 4 is 33.4 Å². The van der Waals surface area contributed by atoms with Crippen molar-refractivity contribution in [3.63, 3.8) is 0 Å². The van der Waals surface area contributed by atoms with Crippen LogP contribution in [0.5, 0.6) is 0 Å². The number of carbonyl (C=O) groups excluding carboxylic acids is 2. The van der Waals surface area contributed by atoms with E-state index in [-0.39, 0.29) is 37.8 Å². The molecule has 2 aromatic rings. The quantitative estimate of drug-likeness (QED) is 0.335. The van der Waals surface area contributed by atoms with Crippen LogP contribution < -0.4 is 15.4 Å². The van der Waals surface area contributed by atoms with E-state index in [1.807, 2.05) is 0 Å². The van der Waals surface area contributed by atoms with E-state index in [1.54, 1.807) is 43.3 Å². The van der Waals surface area contributed by atoms with Crippen LogP contribution >= 0.6 is 11.6 Å². The number of rotatable bonds is 12. The molecule has 2 saturated heterocycles. The van der Waals surface area contributed by atoms with E-state index in [9.17, 15) is 22.4 Å².